The van der Waals surface area contributed by atoms with Gasteiger partial charge in [0, 0.05) is 11.6 Å². The Morgan fingerprint density at radius 1 is 1.27 bits per heavy atom. The van der Waals surface area contributed by atoms with Crippen LogP contribution in [0.4, 0.5) is 5.69 Å². The van der Waals surface area contributed by atoms with Crippen LogP contribution in [-0.4, -0.2) is 19.7 Å². The van der Waals surface area contributed by atoms with E-state index in [1.54, 1.807) is 24.3 Å². The van der Waals surface area contributed by atoms with Crippen molar-refractivity contribution in [2.75, 3.05) is 12.0 Å². The fourth-order valence-corrected chi connectivity index (χ4v) is 1.99. The average molecular weight is 222 g/mol. The van der Waals surface area contributed by atoms with Crippen molar-refractivity contribution in [2.45, 2.75) is 4.90 Å². The summed E-state index contributed by atoms with van der Waals surface area (Å²) in [7, 11) is -3.18. The molecule has 0 unspecified atom stereocenters. The zero-order valence-electron chi connectivity index (χ0n) is 8.14. The van der Waals surface area contributed by atoms with Crippen LogP contribution in [0.25, 0.3) is 10.9 Å². The number of sulfone groups is 1. The fraction of sp³-hybridized carbons (Fsp3) is 0.100. The molecule has 1 aromatic carbocycles. The third kappa shape index (κ3) is 1.92. The molecule has 1 aromatic heterocycles. The first-order chi connectivity index (χ1) is 6.97. The molecule has 0 atom stereocenters. The number of nitrogens with zero attached hydrogens (tertiary/aromatic N) is 1. The molecule has 0 amide bonds. The van der Waals surface area contributed by atoms with E-state index in [0.29, 0.717) is 11.2 Å². The summed E-state index contributed by atoms with van der Waals surface area (Å²) in [4.78, 5) is 4.34. The molecule has 0 saturated heterocycles. The van der Waals surface area contributed by atoms with E-state index in [4.69, 9.17) is 5.73 Å². The van der Waals surface area contributed by atoms with Crippen molar-refractivity contribution in [1.82, 2.24) is 4.98 Å². The van der Waals surface area contributed by atoms with Crippen molar-refractivity contribution >= 4 is 26.4 Å². The number of anilines is 1. The van der Waals surface area contributed by atoms with E-state index in [1.807, 2.05) is 0 Å². The molecule has 5 heteroatoms. The summed E-state index contributed by atoms with van der Waals surface area (Å²) in [6.45, 7) is 0. The van der Waals surface area contributed by atoms with Gasteiger partial charge in [0.2, 0.25) is 0 Å². The Bertz CT molecular complexity index is 620. The lowest BCUT2D eigenvalue weighted by atomic mass is 10.2. The van der Waals surface area contributed by atoms with Gasteiger partial charge in [-0.3, -0.25) is 4.98 Å². The lowest BCUT2D eigenvalue weighted by Crippen LogP contribution is -1.97. The molecule has 2 rings (SSSR count). The van der Waals surface area contributed by atoms with Gasteiger partial charge in [-0.2, -0.15) is 0 Å². The van der Waals surface area contributed by atoms with E-state index >= 15 is 0 Å². The van der Waals surface area contributed by atoms with Gasteiger partial charge in [-0.15, -0.1) is 0 Å². The normalized spacial score (nSPS) is 11.8. The Hall–Kier alpha value is -1.62. The predicted octanol–water partition coefficient (Wildman–Crippen LogP) is 1.22. The summed E-state index contributed by atoms with van der Waals surface area (Å²) in [5.41, 5.74) is 6.76. The molecular formula is C10H10N2O2S. The summed E-state index contributed by atoms with van der Waals surface area (Å²) in [5, 5.41) is 0.836. The second kappa shape index (κ2) is 3.20. The molecule has 0 saturated carbocycles. The van der Waals surface area contributed by atoms with Gasteiger partial charge in [-0.05, 0) is 18.2 Å². The Morgan fingerprint density at radius 3 is 2.67 bits per heavy atom. The molecule has 2 aromatic rings. The molecule has 0 radical (unpaired) electrons. The summed E-state index contributed by atoms with van der Waals surface area (Å²) in [6, 6.07) is 6.56. The number of fused-ring (bicyclic) bond motifs is 1. The van der Waals surface area contributed by atoms with Gasteiger partial charge >= 0.3 is 0 Å². The quantitative estimate of drug-likeness (QED) is 0.787. The average Bonchev–Trinajstić information content (AvgIpc) is 2.15. The summed E-state index contributed by atoms with van der Waals surface area (Å²) >= 11 is 0. The monoisotopic (exact) mass is 222 g/mol. The van der Waals surface area contributed by atoms with E-state index < -0.39 is 9.84 Å². The minimum Gasteiger partial charge on any atom is -0.397 e. The second-order valence-electron chi connectivity index (χ2n) is 3.40. The van der Waals surface area contributed by atoms with Gasteiger partial charge in [0.1, 0.15) is 0 Å². The fourth-order valence-electron chi connectivity index (χ4n) is 1.35. The molecule has 1 heterocycles. The third-order valence-corrected chi connectivity index (χ3v) is 3.22. The van der Waals surface area contributed by atoms with Gasteiger partial charge in [0.05, 0.1) is 22.3 Å². The van der Waals surface area contributed by atoms with Crippen LogP contribution in [0, 0.1) is 0 Å². The number of hydrogen-bond donors (Lipinski definition) is 1. The van der Waals surface area contributed by atoms with Crippen LogP contribution < -0.4 is 5.73 Å². The molecule has 78 valence electrons. The molecule has 0 aliphatic rings. The van der Waals surface area contributed by atoms with Crippen LogP contribution in [0.1, 0.15) is 0 Å². The minimum atomic E-state index is -3.18. The van der Waals surface area contributed by atoms with E-state index in [2.05, 4.69) is 4.98 Å². The van der Waals surface area contributed by atoms with E-state index in [1.165, 1.54) is 12.5 Å². The number of aromatic nitrogens is 1. The van der Waals surface area contributed by atoms with Gasteiger partial charge in [-0.1, -0.05) is 6.07 Å². The zero-order chi connectivity index (χ0) is 11.1. The van der Waals surface area contributed by atoms with Gasteiger partial charge < -0.3 is 5.73 Å². The molecule has 0 fully saturated rings. The van der Waals surface area contributed by atoms with Crippen LogP contribution in [0.15, 0.2) is 35.4 Å². The van der Waals surface area contributed by atoms with Crippen LogP contribution in [0.3, 0.4) is 0 Å². The lowest BCUT2D eigenvalue weighted by Gasteiger charge is -2.01. The van der Waals surface area contributed by atoms with Crippen LogP contribution in [-0.2, 0) is 9.84 Å². The molecule has 0 bridgehead atoms. The summed E-state index contributed by atoms with van der Waals surface area (Å²) in [5.74, 6) is 0. The van der Waals surface area contributed by atoms with E-state index in [9.17, 15) is 8.42 Å². The largest absolute Gasteiger partial charge is 0.397 e. The summed E-state index contributed by atoms with van der Waals surface area (Å²) < 4.78 is 22.6. The highest BCUT2D eigenvalue weighted by atomic mass is 32.2. The number of nitrogens with two attached hydrogens (primary N) is 1. The van der Waals surface area contributed by atoms with Crippen LogP contribution in [0.5, 0.6) is 0 Å². The first-order valence-corrected chi connectivity index (χ1v) is 6.21. The van der Waals surface area contributed by atoms with E-state index in [0.717, 1.165) is 5.39 Å². The van der Waals surface area contributed by atoms with Crippen molar-refractivity contribution in [3.05, 3.63) is 30.5 Å². The molecule has 4 nitrogen and oxygen atoms in total. The van der Waals surface area contributed by atoms with Crippen molar-refractivity contribution in [3.8, 4) is 0 Å². The minimum absolute atomic E-state index is 0.271. The molecule has 0 aliphatic carbocycles. The van der Waals surface area contributed by atoms with Gasteiger partial charge in [0.15, 0.2) is 9.84 Å². The predicted molar refractivity (Wildman–Crippen MR) is 59.3 cm³/mol. The van der Waals surface area contributed by atoms with Crippen molar-refractivity contribution in [2.24, 2.45) is 0 Å². The van der Waals surface area contributed by atoms with Crippen LogP contribution >= 0.6 is 0 Å². The number of nitrogen functional groups attached to an aromatic ring is 1. The highest BCUT2D eigenvalue weighted by Crippen LogP contribution is 2.18. The molecule has 0 aliphatic heterocycles. The molecule has 0 spiro atoms. The number of rotatable bonds is 1. The first-order valence-electron chi connectivity index (χ1n) is 4.32. The summed E-state index contributed by atoms with van der Waals surface area (Å²) in [6.07, 6.45) is 2.68. The second-order valence-corrected chi connectivity index (χ2v) is 5.41. The lowest BCUT2D eigenvalue weighted by molar-refractivity contribution is 0.602. The number of pyridine rings is 1. The topological polar surface area (TPSA) is 73.0 Å². The Kier molecular flexibility index (Phi) is 2.12. The highest BCUT2D eigenvalue weighted by molar-refractivity contribution is 7.90. The maximum absolute atomic E-state index is 11.3. The third-order valence-electron chi connectivity index (χ3n) is 2.10. The molecule has 2 N–H and O–H groups in total. The van der Waals surface area contributed by atoms with E-state index in [-0.39, 0.29) is 4.90 Å². The smallest absolute Gasteiger partial charge is 0.175 e. The van der Waals surface area contributed by atoms with Gasteiger partial charge in [0.25, 0.3) is 0 Å². The Balaban J connectivity index is 2.73. The number of benzene rings is 1. The SMILES string of the molecule is CS(=O)(=O)c1ccc2cc(N)cnc2c1. The molecule has 15 heavy (non-hydrogen) atoms. The maximum atomic E-state index is 11.3. The van der Waals surface area contributed by atoms with Crippen molar-refractivity contribution in [3.63, 3.8) is 0 Å². The van der Waals surface area contributed by atoms with Gasteiger partial charge in [-0.25, -0.2) is 8.42 Å². The zero-order valence-corrected chi connectivity index (χ0v) is 8.95. The van der Waals surface area contributed by atoms with Crippen molar-refractivity contribution in [1.29, 1.82) is 0 Å². The Labute approximate surface area is 87.7 Å². The first kappa shape index (κ1) is 9.92. The van der Waals surface area contributed by atoms with Crippen LogP contribution in [0.2, 0.25) is 0 Å². The molecular weight excluding hydrogens is 212 g/mol. The number of hydrogen-bond acceptors (Lipinski definition) is 4. The Morgan fingerprint density at radius 2 is 2.00 bits per heavy atom. The highest BCUT2D eigenvalue weighted by Gasteiger charge is 2.07. The maximum Gasteiger partial charge on any atom is 0.175 e. The standard InChI is InChI=1S/C10H10N2O2S/c1-15(13,14)9-3-2-7-4-8(11)6-12-10(7)5-9/h2-6H,11H2,1H3. The van der Waals surface area contributed by atoms with Crippen molar-refractivity contribution < 1.29 is 8.42 Å².